The van der Waals surface area contributed by atoms with Crippen LogP contribution in [0.4, 0.5) is 0 Å². The quantitative estimate of drug-likeness (QED) is 0.817. The Morgan fingerprint density at radius 3 is 2.64 bits per heavy atom. The molecular formula is C20H21NO3S. The molecule has 5 heteroatoms. The van der Waals surface area contributed by atoms with Crippen molar-refractivity contribution in [3.05, 3.63) is 59.2 Å². The van der Waals surface area contributed by atoms with Gasteiger partial charge in [-0.1, -0.05) is 38.1 Å². The highest BCUT2D eigenvalue weighted by Gasteiger charge is 2.32. The molecule has 0 aromatic heterocycles. The molecule has 0 unspecified atom stereocenters. The van der Waals surface area contributed by atoms with Gasteiger partial charge in [0.1, 0.15) is 5.37 Å². The van der Waals surface area contributed by atoms with Crippen LogP contribution in [0.25, 0.3) is 0 Å². The molecule has 1 fully saturated rings. The highest BCUT2D eigenvalue weighted by Crippen LogP contribution is 2.40. The molecule has 1 saturated heterocycles. The Morgan fingerprint density at radius 1 is 1.12 bits per heavy atom. The molecule has 1 amide bonds. The minimum absolute atomic E-state index is 0.0428. The van der Waals surface area contributed by atoms with Crippen LogP contribution in [-0.2, 0) is 0 Å². The highest BCUT2D eigenvalue weighted by molar-refractivity contribution is 7.99. The second-order valence-corrected chi connectivity index (χ2v) is 7.80. The Hall–Kier alpha value is -2.14. The number of hydrogen-bond donors (Lipinski definition) is 0. The number of nitrogens with zero attached hydrogens (tertiary/aromatic N) is 1. The molecule has 0 radical (unpaired) electrons. The molecule has 2 aliphatic rings. The SMILES string of the molecule is CC(C)c1ccc([C@H]2SCCN2C(=O)c2ccc3c(c2)OCO3)cc1. The molecule has 2 aromatic rings. The zero-order valence-corrected chi connectivity index (χ0v) is 15.2. The van der Waals surface area contributed by atoms with Gasteiger partial charge in [0.15, 0.2) is 11.5 Å². The predicted molar refractivity (Wildman–Crippen MR) is 99.3 cm³/mol. The number of rotatable bonds is 3. The van der Waals surface area contributed by atoms with Gasteiger partial charge in [0.25, 0.3) is 5.91 Å². The van der Waals surface area contributed by atoms with E-state index in [1.54, 1.807) is 6.07 Å². The van der Waals surface area contributed by atoms with E-state index in [0.717, 1.165) is 12.3 Å². The number of fused-ring (bicyclic) bond motifs is 1. The van der Waals surface area contributed by atoms with Crippen LogP contribution in [0.2, 0.25) is 0 Å². The van der Waals surface area contributed by atoms with Crippen molar-refractivity contribution in [3.63, 3.8) is 0 Å². The number of hydrogen-bond acceptors (Lipinski definition) is 4. The van der Waals surface area contributed by atoms with Crippen molar-refractivity contribution in [3.8, 4) is 11.5 Å². The fourth-order valence-corrected chi connectivity index (χ4v) is 4.45. The van der Waals surface area contributed by atoms with Gasteiger partial charge in [-0.15, -0.1) is 11.8 Å². The Bertz CT molecular complexity index is 788. The lowest BCUT2D eigenvalue weighted by molar-refractivity contribution is 0.0760. The summed E-state index contributed by atoms with van der Waals surface area (Å²) in [7, 11) is 0. The Balaban J connectivity index is 1.57. The third kappa shape index (κ3) is 3.09. The standard InChI is InChI=1S/C20H21NO3S/c1-13(2)14-3-5-15(6-4-14)20-21(9-10-25-20)19(22)16-7-8-17-18(11-16)24-12-23-17/h3-8,11,13,20H,9-10,12H2,1-2H3/t20-/m1/s1. The third-order valence-electron chi connectivity index (χ3n) is 4.66. The summed E-state index contributed by atoms with van der Waals surface area (Å²) < 4.78 is 10.7. The molecule has 0 saturated carbocycles. The summed E-state index contributed by atoms with van der Waals surface area (Å²) in [4.78, 5) is 15.0. The van der Waals surface area contributed by atoms with E-state index in [-0.39, 0.29) is 18.1 Å². The van der Waals surface area contributed by atoms with Crippen LogP contribution in [0.5, 0.6) is 11.5 Å². The van der Waals surface area contributed by atoms with E-state index in [2.05, 4.69) is 38.1 Å². The number of carbonyl (C=O) groups is 1. The minimum atomic E-state index is 0.0428. The first-order chi connectivity index (χ1) is 12.1. The average molecular weight is 355 g/mol. The van der Waals surface area contributed by atoms with Crippen molar-refractivity contribution in [1.82, 2.24) is 4.90 Å². The largest absolute Gasteiger partial charge is 0.454 e. The smallest absolute Gasteiger partial charge is 0.255 e. The first-order valence-corrected chi connectivity index (χ1v) is 9.60. The van der Waals surface area contributed by atoms with Crippen LogP contribution in [0.3, 0.4) is 0 Å². The lowest BCUT2D eigenvalue weighted by Gasteiger charge is -2.24. The van der Waals surface area contributed by atoms with Crippen LogP contribution in [-0.4, -0.2) is 29.9 Å². The van der Waals surface area contributed by atoms with E-state index in [1.807, 2.05) is 28.8 Å². The summed E-state index contributed by atoms with van der Waals surface area (Å²) in [5.41, 5.74) is 3.15. The monoisotopic (exact) mass is 355 g/mol. The van der Waals surface area contributed by atoms with Crippen molar-refractivity contribution in [2.45, 2.75) is 25.1 Å². The van der Waals surface area contributed by atoms with Gasteiger partial charge in [0.05, 0.1) is 0 Å². The molecule has 0 spiro atoms. The summed E-state index contributed by atoms with van der Waals surface area (Å²) in [6.07, 6.45) is 0. The van der Waals surface area contributed by atoms with Crippen LogP contribution < -0.4 is 9.47 Å². The van der Waals surface area contributed by atoms with Gasteiger partial charge in [-0.25, -0.2) is 0 Å². The number of carbonyl (C=O) groups excluding carboxylic acids is 1. The van der Waals surface area contributed by atoms with E-state index in [0.29, 0.717) is 23.0 Å². The maximum Gasteiger partial charge on any atom is 0.255 e. The second kappa shape index (κ2) is 6.64. The van der Waals surface area contributed by atoms with Crippen molar-refractivity contribution < 1.29 is 14.3 Å². The molecule has 0 aliphatic carbocycles. The van der Waals surface area contributed by atoms with E-state index in [1.165, 1.54) is 11.1 Å². The van der Waals surface area contributed by atoms with E-state index >= 15 is 0 Å². The molecule has 4 nitrogen and oxygen atoms in total. The van der Waals surface area contributed by atoms with Crippen molar-refractivity contribution in [2.24, 2.45) is 0 Å². The lowest BCUT2D eigenvalue weighted by atomic mass is 10.0. The predicted octanol–water partition coefficient (Wildman–Crippen LogP) is 4.43. The molecule has 4 rings (SSSR count). The molecule has 0 N–H and O–H groups in total. The second-order valence-electron chi connectivity index (χ2n) is 6.61. The Morgan fingerprint density at radius 2 is 1.88 bits per heavy atom. The molecule has 130 valence electrons. The maximum absolute atomic E-state index is 13.0. The van der Waals surface area contributed by atoms with Crippen molar-refractivity contribution >= 4 is 17.7 Å². The number of thioether (sulfide) groups is 1. The average Bonchev–Trinajstić information content (AvgIpc) is 3.29. The third-order valence-corrected chi connectivity index (χ3v) is 5.92. The molecule has 25 heavy (non-hydrogen) atoms. The Labute approximate surface area is 152 Å². The highest BCUT2D eigenvalue weighted by atomic mass is 32.2. The van der Waals surface area contributed by atoms with Gasteiger partial charge >= 0.3 is 0 Å². The zero-order chi connectivity index (χ0) is 17.4. The van der Waals surface area contributed by atoms with Crippen LogP contribution in [0.15, 0.2) is 42.5 Å². The molecule has 1 atom stereocenters. The van der Waals surface area contributed by atoms with Crippen LogP contribution >= 0.6 is 11.8 Å². The van der Waals surface area contributed by atoms with Gasteiger partial charge in [-0.3, -0.25) is 4.79 Å². The van der Waals surface area contributed by atoms with Crippen LogP contribution in [0.1, 0.15) is 46.6 Å². The first-order valence-electron chi connectivity index (χ1n) is 8.55. The minimum Gasteiger partial charge on any atom is -0.454 e. The van der Waals surface area contributed by atoms with Gasteiger partial charge in [-0.05, 0) is 35.2 Å². The molecule has 2 heterocycles. The van der Waals surface area contributed by atoms with Gasteiger partial charge < -0.3 is 14.4 Å². The maximum atomic E-state index is 13.0. The summed E-state index contributed by atoms with van der Waals surface area (Å²) in [5, 5.41) is 0.0686. The van der Waals surface area contributed by atoms with Crippen molar-refractivity contribution in [1.29, 1.82) is 0 Å². The van der Waals surface area contributed by atoms with Gasteiger partial charge in [0.2, 0.25) is 6.79 Å². The summed E-state index contributed by atoms with van der Waals surface area (Å²) in [6.45, 7) is 5.36. The summed E-state index contributed by atoms with van der Waals surface area (Å²) in [5.74, 6) is 2.86. The molecular weight excluding hydrogens is 334 g/mol. The fourth-order valence-electron chi connectivity index (χ4n) is 3.20. The fraction of sp³-hybridized carbons (Fsp3) is 0.350. The molecule has 2 aromatic carbocycles. The number of amides is 1. The zero-order valence-electron chi connectivity index (χ0n) is 14.4. The van der Waals surface area contributed by atoms with Crippen molar-refractivity contribution in [2.75, 3.05) is 19.1 Å². The lowest BCUT2D eigenvalue weighted by Crippen LogP contribution is -2.30. The van der Waals surface area contributed by atoms with E-state index in [9.17, 15) is 4.79 Å². The summed E-state index contributed by atoms with van der Waals surface area (Å²) in [6, 6.07) is 14.1. The van der Waals surface area contributed by atoms with E-state index in [4.69, 9.17) is 9.47 Å². The van der Waals surface area contributed by atoms with Gasteiger partial charge in [0, 0.05) is 17.9 Å². The van der Waals surface area contributed by atoms with Gasteiger partial charge in [-0.2, -0.15) is 0 Å². The summed E-state index contributed by atoms with van der Waals surface area (Å²) >= 11 is 1.82. The van der Waals surface area contributed by atoms with E-state index < -0.39 is 0 Å². The number of benzene rings is 2. The first kappa shape index (κ1) is 16.3. The molecule has 2 aliphatic heterocycles. The number of ether oxygens (including phenoxy) is 2. The topological polar surface area (TPSA) is 38.8 Å². The normalized spacial score (nSPS) is 18.8. The molecule has 0 bridgehead atoms. The Kier molecular flexibility index (Phi) is 4.34. The van der Waals surface area contributed by atoms with Crippen LogP contribution in [0, 0.1) is 0 Å².